The maximum atomic E-state index is 6.95. The van der Waals surface area contributed by atoms with Crippen molar-refractivity contribution in [3.63, 3.8) is 0 Å². The number of hydrogen-bond acceptors (Lipinski definition) is 4. The summed E-state index contributed by atoms with van der Waals surface area (Å²) in [6.07, 6.45) is 14.9. The molecule has 1 aromatic heterocycles. The third-order valence-corrected chi connectivity index (χ3v) is 5.54. The largest absolute Gasteiger partial charge is 0.480 e. The van der Waals surface area contributed by atoms with Gasteiger partial charge in [-0.3, -0.25) is 4.98 Å². The second-order valence-corrected chi connectivity index (χ2v) is 6.70. The molecule has 116 valence electrons. The Morgan fingerprint density at radius 2 is 1.76 bits per heavy atom. The van der Waals surface area contributed by atoms with Gasteiger partial charge in [0.05, 0.1) is 12.6 Å². The smallest absolute Gasteiger partial charge is 0.237 e. The van der Waals surface area contributed by atoms with Crippen molar-refractivity contribution in [2.24, 2.45) is 17.6 Å². The minimum absolute atomic E-state index is 0.361. The molecule has 21 heavy (non-hydrogen) atoms. The molecule has 2 saturated carbocycles. The molecule has 0 spiro atoms. The highest BCUT2D eigenvalue weighted by Gasteiger charge is 2.45. The fraction of sp³-hybridized carbons (Fsp3) is 0.765. The van der Waals surface area contributed by atoms with Crippen LogP contribution >= 0.6 is 0 Å². The molecule has 0 aromatic carbocycles. The van der Waals surface area contributed by atoms with E-state index in [9.17, 15) is 0 Å². The second-order valence-electron chi connectivity index (χ2n) is 6.70. The van der Waals surface area contributed by atoms with E-state index in [4.69, 9.17) is 10.5 Å². The Kier molecular flexibility index (Phi) is 4.43. The summed E-state index contributed by atoms with van der Waals surface area (Å²) in [4.78, 5) is 8.91. The summed E-state index contributed by atoms with van der Waals surface area (Å²) >= 11 is 0. The summed E-state index contributed by atoms with van der Waals surface area (Å²) in [5.41, 5.74) is 7.47. The van der Waals surface area contributed by atoms with Crippen LogP contribution in [0.15, 0.2) is 12.4 Å². The van der Waals surface area contributed by atoms with E-state index in [0.29, 0.717) is 11.8 Å². The number of methoxy groups -OCH3 is 1. The molecular formula is C17H27N3O. The quantitative estimate of drug-likeness (QED) is 0.926. The van der Waals surface area contributed by atoms with Gasteiger partial charge in [-0.05, 0) is 24.7 Å². The van der Waals surface area contributed by atoms with E-state index in [-0.39, 0.29) is 5.54 Å². The third-order valence-electron chi connectivity index (χ3n) is 5.54. The van der Waals surface area contributed by atoms with Gasteiger partial charge >= 0.3 is 0 Å². The summed E-state index contributed by atoms with van der Waals surface area (Å²) in [6.45, 7) is 0. The normalized spacial score (nSPS) is 31.0. The van der Waals surface area contributed by atoms with Crippen LogP contribution in [0.1, 0.15) is 63.5 Å². The van der Waals surface area contributed by atoms with Crippen molar-refractivity contribution >= 4 is 0 Å². The molecule has 3 rings (SSSR count). The first-order valence-electron chi connectivity index (χ1n) is 8.40. The molecule has 0 amide bonds. The van der Waals surface area contributed by atoms with Crippen molar-refractivity contribution in [3.8, 4) is 5.88 Å². The van der Waals surface area contributed by atoms with Crippen LogP contribution in [-0.4, -0.2) is 17.1 Å². The van der Waals surface area contributed by atoms with Crippen LogP contribution < -0.4 is 10.5 Å². The molecule has 1 aromatic rings. The first-order chi connectivity index (χ1) is 10.3. The standard InChI is InChI=1S/C17H27N3O/c1-21-16-15(19-11-12-20-16)17(18)10-6-5-9-14(17)13-7-3-2-4-8-13/h11-14H,2-10,18H2,1H3. The molecule has 0 radical (unpaired) electrons. The SMILES string of the molecule is COc1nccnc1C1(N)CCCCC1C1CCCCC1. The molecule has 2 unspecified atom stereocenters. The highest BCUT2D eigenvalue weighted by molar-refractivity contribution is 5.28. The van der Waals surface area contributed by atoms with E-state index < -0.39 is 0 Å². The number of nitrogens with zero attached hydrogens (tertiary/aromatic N) is 2. The van der Waals surface area contributed by atoms with Gasteiger partial charge in [0.15, 0.2) is 0 Å². The van der Waals surface area contributed by atoms with Crippen molar-refractivity contribution in [1.82, 2.24) is 9.97 Å². The van der Waals surface area contributed by atoms with Crippen LogP contribution in [0.2, 0.25) is 0 Å². The van der Waals surface area contributed by atoms with Gasteiger partial charge < -0.3 is 10.5 Å². The number of ether oxygens (including phenoxy) is 1. The molecule has 0 bridgehead atoms. The lowest BCUT2D eigenvalue weighted by Gasteiger charge is -2.46. The zero-order valence-electron chi connectivity index (χ0n) is 13.1. The Balaban J connectivity index is 1.94. The molecule has 4 heteroatoms. The number of aromatic nitrogens is 2. The summed E-state index contributed by atoms with van der Waals surface area (Å²) in [6, 6.07) is 0. The van der Waals surface area contributed by atoms with Gasteiger partial charge in [0, 0.05) is 12.4 Å². The molecular weight excluding hydrogens is 262 g/mol. The lowest BCUT2D eigenvalue weighted by Crippen LogP contribution is -2.50. The monoisotopic (exact) mass is 289 g/mol. The van der Waals surface area contributed by atoms with Gasteiger partial charge in [-0.2, -0.15) is 0 Å². The van der Waals surface area contributed by atoms with Crippen LogP contribution in [0.5, 0.6) is 5.88 Å². The predicted molar refractivity (Wildman–Crippen MR) is 83.0 cm³/mol. The lowest BCUT2D eigenvalue weighted by atomic mass is 9.63. The van der Waals surface area contributed by atoms with Gasteiger partial charge in [0.25, 0.3) is 0 Å². The zero-order chi connectivity index (χ0) is 14.7. The Morgan fingerprint density at radius 3 is 2.52 bits per heavy atom. The Morgan fingerprint density at radius 1 is 1.05 bits per heavy atom. The lowest BCUT2D eigenvalue weighted by molar-refractivity contribution is 0.0926. The molecule has 1 heterocycles. The van der Waals surface area contributed by atoms with E-state index in [2.05, 4.69) is 9.97 Å². The van der Waals surface area contributed by atoms with Gasteiger partial charge in [0.1, 0.15) is 5.69 Å². The van der Waals surface area contributed by atoms with Gasteiger partial charge in [0.2, 0.25) is 5.88 Å². The fourth-order valence-electron chi connectivity index (χ4n) is 4.51. The molecule has 4 nitrogen and oxygen atoms in total. The molecule has 2 atom stereocenters. The van der Waals surface area contributed by atoms with Crippen LogP contribution in [-0.2, 0) is 5.54 Å². The predicted octanol–water partition coefficient (Wildman–Crippen LogP) is 3.41. The molecule has 2 N–H and O–H groups in total. The Bertz CT molecular complexity index is 473. The molecule has 0 saturated heterocycles. The van der Waals surface area contributed by atoms with E-state index >= 15 is 0 Å². The topological polar surface area (TPSA) is 61.0 Å². The van der Waals surface area contributed by atoms with Gasteiger partial charge in [-0.15, -0.1) is 0 Å². The van der Waals surface area contributed by atoms with Crippen molar-refractivity contribution in [1.29, 1.82) is 0 Å². The summed E-state index contributed by atoms with van der Waals surface area (Å²) in [7, 11) is 1.66. The maximum Gasteiger partial charge on any atom is 0.237 e. The van der Waals surface area contributed by atoms with Crippen LogP contribution in [0.4, 0.5) is 0 Å². The zero-order valence-corrected chi connectivity index (χ0v) is 13.1. The Labute approximate surface area is 127 Å². The first kappa shape index (κ1) is 14.8. The van der Waals surface area contributed by atoms with Crippen LogP contribution in [0.3, 0.4) is 0 Å². The first-order valence-corrected chi connectivity index (χ1v) is 8.40. The van der Waals surface area contributed by atoms with E-state index in [1.807, 2.05) is 0 Å². The van der Waals surface area contributed by atoms with E-state index in [1.165, 1.54) is 51.4 Å². The van der Waals surface area contributed by atoms with Crippen molar-refractivity contribution in [2.75, 3.05) is 7.11 Å². The van der Waals surface area contributed by atoms with Crippen molar-refractivity contribution in [2.45, 2.75) is 63.3 Å². The summed E-state index contributed by atoms with van der Waals surface area (Å²) in [5, 5.41) is 0. The molecule has 0 aliphatic heterocycles. The number of rotatable bonds is 3. The second kappa shape index (κ2) is 6.30. The van der Waals surface area contributed by atoms with Gasteiger partial charge in [-0.1, -0.05) is 44.9 Å². The highest BCUT2D eigenvalue weighted by Crippen LogP contribution is 2.48. The highest BCUT2D eigenvalue weighted by atomic mass is 16.5. The van der Waals surface area contributed by atoms with Crippen molar-refractivity contribution in [3.05, 3.63) is 18.1 Å². The fourth-order valence-corrected chi connectivity index (χ4v) is 4.51. The maximum absolute atomic E-state index is 6.95. The summed E-state index contributed by atoms with van der Waals surface area (Å²) < 4.78 is 5.45. The number of nitrogens with two attached hydrogens (primary N) is 1. The minimum atomic E-state index is -0.361. The molecule has 2 aliphatic carbocycles. The molecule has 2 aliphatic rings. The summed E-state index contributed by atoms with van der Waals surface area (Å²) in [5.74, 6) is 1.88. The minimum Gasteiger partial charge on any atom is -0.480 e. The Hall–Kier alpha value is -1.16. The average Bonchev–Trinajstić information content (AvgIpc) is 2.56. The molecule has 2 fully saturated rings. The average molecular weight is 289 g/mol. The number of hydrogen-bond donors (Lipinski definition) is 1. The van der Waals surface area contributed by atoms with E-state index in [0.717, 1.165) is 18.0 Å². The third kappa shape index (κ3) is 2.78. The van der Waals surface area contributed by atoms with E-state index in [1.54, 1.807) is 19.5 Å². The van der Waals surface area contributed by atoms with Crippen molar-refractivity contribution < 1.29 is 4.74 Å². The van der Waals surface area contributed by atoms with Crippen LogP contribution in [0, 0.1) is 11.8 Å². The van der Waals surface area contributed by atoms with Gasteiger partial charge in [-0.25, -0.2) is 4.98 Å². The van der Waals surface area contributed by atoms with Crippen LogP contribution in [0.25, 0.3) is 0 Å².